The monoisotopic (exact) mass is 162 g/mol. The molecule has 0 rings (SSSR count). The van der Waals surface area contributed by atoms with Crippen molar-refractivity contribution in [1.29, 1.82) is 0 Å². The molecule has 1 N–H and O–H groups in total. The molecule has 0 aliphatic heterocycles. The molecule has 0 aromatic rings. The molecule has 0 aromatic heterocycles. The van der Waals surface area contributed by atoms with Gasteiger partial charge in [-0.05, 0) is 18.1 Å². The molecule has 0 saturated carbocycles. The van der Waals surface area contributed by atoms with Crippen LogP contribution in [0.3, 0.4) is 0 Å². The van der Waals surface area contributed by atoms with Crippen molar-refractivity contribution >= 4 is 11.8 Å². The summed E-state index contributed by atoms with van der Waals surface area (Å²) in [6.07, 6.45) is 2.57. The van der Waals surface area contributed by atoms with Crippen LogP contribution in [0.5, 0.6) is 0 Å². The first-order valence-electron chi connectivity index (χ1n) is 3.99. The minimum atomic E-state index is 0.325. The highest BCUT2D eigenvalue weighted by molar-refractivity contribution is 7.99. The van der Waals surface area contributed by atoms with Crippen molar-refractivity contribution in [2.45, 2.75) is 26.7 Å². The van der Waals surface area contributed by atoms with Crippen LogP contribution >= 0.6 is 11.8 Å². The molecule has 0 fully saturated rings. The van der Waals surface area contributed by atoms with Crippen molar-refractivity contribution < 1.29 is 5.11 Å². The van der Waals surface area contributed by atoms with E-state index in [4.69, 9.17) is 5.11 Å². The predicted octanol–water partition coefficient (Wildman–Crippen LogP) is 2.15. The van der Waals surface area contributed by atoms with Crippen molar-refractivity contribution in [3.63, 3.8) is 0 Å². The van der Waals surface area contributed by atoms with Gasteiger partial charge in [-0.1, -0.05) is 20.3 Å². The van der Waals surface area contributed by atoms with Gasteiger partial charge in [-0.3, -0.25) is 0 Å². The van der Waals surface area contributed by atoms with Crippen molar-refractivity contribution in [1.82, 2.24) is 0 Å². The van der Waals surface area contributed by atoms with Crippen LogP contribution in [-0.4, -0.2) is 23.2 Å². The largest absolute Gasteiger partial charge is 0.396 e. The first-order chi connectivity index (χ1) is 4.81. The van der Waals surface area contributed by atoms with E-state index < -0.39 is 0 Å². The Labute approximate surface area is 68.2 Å². The molecule has 0 radical (unpaired) electrons. The third-order valence-electron chi connectivity index (χ3n) is 1.69. The molecule has 10 heavy (non-hydrogen) atoms. The van der Waals surface area contributed by atoms with E-state index in [-0.39, 0.29) is 0 Å². The summed E-state index contributed by atoms with van der Waals surface area (Å²) in [4.78, 5) is 0. The molecule has 1 unspecified atom stereocenters. The fraction of sp³-hybridized carbons (Fsp3) is 1.00. The van der Waals surface area contributed by atoms with E-state index in [1.807, 2.05) is 11.8 Å². The predicted molar refractivity (Wildman–Crippen MR) is 48.5 cm³/mol. The molecule has 0 spiro atoms. The minimum Gasteiger partial charge on any atom is -0.396 e. The molecular weight excluding hydrogens is 144 g/mol. The Morgan fingerprint density at radius 3 is 2.60 bits per heavy atom. The summed E-state index contributed by atoms with van der Waals surface area (Å²) < 4.78 is 0. The Balaban J connectivity index is 2.89. The maximum atomic E-state index is 8.47. The quantitative estimate of drug-likeness (QED) is 0.604. The fourth-order valence-corrected chi connectivity index (χ4v) is 1.56. The van der Waals surface area contributed by atoms with E-state index in [1.54, 1.807) is 0 Å². The minimum absolute atomic E-state index is 0.325. The Bertz CT molecular complexity index is 66.3. The summed E-state index contributed by atoms with van der Waals surface area (Å²) >= 11 is 1.85. The Kier molecular flexibility index (Phi) is 7.65. The van der Waals surface area contributed by atoms with Crippen LogP contribution in [0.1, 0.15) is 26.7 Å². The molecule has 0 aliphatic carbocycles. The van der Waals surface area contributed by atoms with Crippen molar-refractivity contribution in [3.8, 4) is 0 Å². The summed E-state index contributed by atoms with van der Waals surface area (Å²) in [6, 6.07) is 0. The highest BCUT2D eigenvalue weighted by atomic mass is 32.2. The van der Waals surface area contributed by atoms with Gasteiger partial charge in [0.2, 0.25) is 0 Å². The Morgan fingerprint density at radius 1 is 1.40 bits per heavy atom. The van der Waals surface area contributed by atoms with Gasteiger partial charge in [0, 0.05) is 5.75 Å². The van der Waals surface area contributed by atoms with Crippen LogP contribution in [0.2, 0.25) is 0 Å². The normalized spacial score (nSPS) is 13.5. The molecule has 0 heterocycles. The van der Waals surface area contributed by atoms with Crippen LogP contribution in [0.4, 0.5) is 0 Å². The van der Waals surface area contributed by atoms with Gasteiger partial charge < -0.3 is 5.11 Å². The molecular formula is C8H18OS. The smallest absolute Gasteiger partial charge is 0.0521 e. The lowest BCUT2D eigenvalue weighted by atomic mass is 10.1. The lowest BCUT2D eigenvalue weighted by molar-refractivity contribution is 0.322. The first-order valence-corrected chi connectivity index (χ1v) is 5.15. The van der Waals surface area contributed by atoms with Crippen molar-refractivity contribution in [3.05, 3.63) is 0 Å². The standard InChI is InChI=1S/C8H18OS/c1-3-8(2)4-6-10-7-5-9/h8-9H,3-7H2,1-2H3. The number of aliphatic hydroxyl groups is 1. The van der Waals surface area contributed by atoms with E-state index in [0.29, 0.717) is 6.61 Å². The molecule has 0 aliphatic rings. The summed E-state index contributed by atoms with van der Waals surface area (Å²) in [6.45, 7) is 4.83. The fourth-order valence-electron chi connectivity index (χ4n) is 0.655. The lowest BCUT2D eigenvalue weighted by Gasteiger charge is -2.05. The third-order valence-corrected chi connectivity index (χ3v) is 2.68. The number of hydrogen-bond donors (Lipinski definition) is 1. The van der Waals surface area contributed by atoms with Gasteiger partial charge in [-0.2, -0.15) is 11.8 Å². The lowest BCUT2D eigenvalue weighted by Crippen LogP contribution is -1.95. The zero-order valence-electron chi connectivity index (χ0n) is 6.97. The van der Waals surface area contributed by atoms with Crippen LogP contribution in [-0.2, 0) is 0 Å². The average molecular weight is 162 g/mol. The van der Waals surface area contributed by atoms with Crippen LogP contribution in [0.25, 0.3) is 0 Å². The zero-order valence-corrected chi connectivity index (χ0v) is 7.78. The summed E-state index contributed by atoms with van der Waals surface area (Å²) in [5.74, 6) is 2.96. The highest BCUT2D eigenvalue weighted by Gasteiger charge is 1.96. The van der Waals surface area contributed by atoms with Crippen LogP contribution < -0.4 is 0 Å². The third kappa shape index (κ3) is 6.43. The molecule has 1 atom stereocenters. The van der Waals surface area contributed by atoms with Crippen LogP contribution in [0, 0.1) is 5.92 Å². The number of aliphatic hydroxyl groups excluding tert-OH is 1. The van der Waals surface area contributed by atoms with E-state index in [2.05, 4.69) is 13.8 Å². The molecule has 0 saturated heterocycles. The van der Waals surface area contributed by atoms with E-state index in [0.717, 1.165) is 11.7 Å². The molecule has 1 nitrogen and oxygen atoms in total. The molecule has 2 heteroatoms. The van der Waals surface area contributed by atoms with Crippen molar-refractivity contribution in [2.75, 3.05) is 18.1 Å². The van der Waals surface area contributed by atoms with Gasteiger partial charge in [-0.15, -0.1) is 0 Å². The summed E-state index contributed by atoms with van der Waals surface area (Å²) in [7, 11) is 0. The topological polar surface area (TPSA) is 20.2 Å². The van der Waals surface area contributed by atoms with Gasteiger partial charge >= 0.3 is 0 Å². The second-order valence-electron chi connectivity index (χ2n) is 2.64. The number of rotatable bonds is 6. The molecule has 0 bridgehead atoms. The van der Waals surface area contributed by atoms with Gasteiger partial charge in [0.25, 0.3) is 0 Å². The Hall–Kier alpha value is 0.310. The second kappa shape index (κ2) is 7.42. The van der Waals surface area contributed by atoms with E-state index in [1.165, 1.54) is 18.6 Å². The Morgan fingerprint density at radius 2 is 2.10 bits per heavy atom. The summed E-state index contributed by atoms with van der Waals surface area (Å²) in [5, 5.41) is 8.47. The van der Waals surface area contributed by atoms with Gasteiger partial charge in [0.15, 0.2) is 0 Å². The highest BCUT2D eigenvalue weighted by Crippen LogP contribution is 2.11. The summed E-state index contributed by atoms with van der Waals surface area (Å²) in [5.41, 5.74) is 0. The maximum absolute atomic E-state index is 8.47. The van der Waals surface area contributed by atoms with E-state index in [9.17, 15) is 0 Å². The number of hydrogen-bond acceptors (Lipinski definition) is 2. The van der Waals surface area contributed by atoms with Crippen molar-refractivity contribution in [2.24, 2.45) is 5.92 Å². The SMILES string of the molecule is CCC(C)CCSCCO. The zero-order chi connectivity index (χ0) is 7.82. The van der Waals surface area contributed by atoms with Gasteiger partial charge in [0.1, 0.15) is 0 Å². The molecule has 0 amide bonds. The first kappa shape index (κ1) is 10.3. The molecule has 0 aromatic carbocycles. The molecule has 62 valence electrons. The number of thioether (sulfide) groups is 1. The van der Waals surface area contributed by atoms with Gasteiger partial charge in [-0.25, -0.2) is 0 Å². The second-order valence-corrected chi connectivity index (χ2v) is 3.86. The maximum Gasteiger partial charge on any atom is 0.0521 e. The van der Waals surface area contributed by atoms with Gasteiger partial charge in [0.05, 0.1) is 6.61 Å². The average Bonchev–Trinajstić information content (AvgIpc) is 1.98. The van der Waals surface area contributed by atoms with Crippen LogP contribution in [0.15, 0.2) is 0 Å². The van der Waals surface area contributed by atoms with E-state index >= 15 is 0 Å².